The highest BCUT2D eigenvalue weighted by atomic mass is 16.5. The molecule has 144 valence electrons. The third-order valence-electron chi connectivity index (χ3n) is 4.58. The number of rotatable bonds is 5. The van der Waals surface area contributed by atoms with Crippen molar-refractivity contribution in [3.8, 4) is 11.3 Å². The van der Waals surface area contributed by atoms with Gasteiger partial charge in [-0.2, -0.15) is 4.98 Å². The Bertz CT molecular complexity index is 842. The lowest BCUT2D eigenvalue weighted by Gasteiger charge is -2.38. The van der Waals surface area contributed by atoms with Crippen LogP contribution in [0, 0.1) is 5.41 Å². The van der Waals surface area contributed by atoms with Crippen molar-refractivity contribution in [1.29, 1.82) is 5.41 Å². The summed E-state index contributed by atoms with van der Waals surface area (Å²) in [5.41, 5.74) is 14.0. The molecule has 0 saturated carbocycles. The molecule has 9 nitrogen and oxygen atoms in total. The van der Waals surface area contributed by atoms with E-state index >= 15 is 0 Å². The Morgan fingerprint density at radius 2 is 2.19 bits per heavy atom. The summed E-state index contributed by atoms with van der Waals surface area (Å²) in [6.45, 7) is 3.07. The van der Waals surface area contributed by atoms with Crippen LogP contribution in [0.25, 0.3) is 11.3 Å². The molecule has 1 aliphatic heterocycles. The standard InChI is InChI=1S/C18H25N7O2/c1-10-9-27-12(8-26)7-25(10)16-6-15(23-18(22-2)24-16)11-3-4-13(17(20)21)14(19)5-11/h3-6,10,12,26H,7-9,19H2,1-2H3,(H3,20,21)(H,22,23,24). The van der Waals surface area contributed by atoms with Crippen LogP contribution in [-0.4, -0.2) is 59.9 Å². The van der Waals surface area contributed by atoms with Gasteiger partial charge in [-0.3, -0.25) is 5.41 Å². The van der Waals surface area contributed by atoms with Crippen molar-refractivity contribution in [1.82, 2.24) is 9.97 Å². The maximum absolute atomic E-state index is 9.44. The van der Waals surface area contributed by atoms with Gasteiger partial charge in [-0.1, -0.05) is 6.07 Å². The van der Waals surface area contributed by atoms with E-state index in [0.29, 0.717) is 36.0 Å². The van der Waals surface area contributed by atoms with E-state index in [0.717, 1.165) is 11.4 Å². The zero-order valence-electron chi connectivity index (χ0n) is 15.4. The number of aliphatic hydroxyl groups is 1. The lowest BCUT2D eigenvalue weighted by atomic mass is 10.1. The maximum atomic E-state index is 9.44. The maximum Gasteiger partial charge on any atom is 0.224 e. The Labute approximate surface area is 157 Å². The van der Waals surface area contributed by atoms with Crippen LogP contribution in [-0.2, 0) is 4.74 Å². The van der Waals surface area contributed by atoms with Gasteiger partial charge in [-0.25, -0.2) is 4.98 Å². The smallest absolute Gasteiger partial charge is 0.224 e. The van der Waals surface area contributed by atoms with Crippen LogP contribution in [0.5, 0.6) is 0 Å². The molecule has 0 spiro atoms. The summed E-state index contributed by atoms with van der Waals surface area (Å²) >= 11 is 0. The summed E-state index contributed by atoms with van der Waals surface area (Å²) in [5.74, 6) is 1.15. The van der Waals surface area contributed by atoms with Gasteiger partial charge in [0, 0.05) is 36.5 Å². The fourth-order valence-electron chi connectivity index (χ4n) is 3.06. The Morgan fingerprint density at radius 3 is 2.81 bits per heavy atom. The number of anilines is 3. The largest absolute Gasteiger partial charge is 0.398 e. The molecule has 2 heterocycles. The predicted molar refractivity (Wildman–Crippen MR) is 106 cm³/mol. The van der Waals surface area contributed by atoms with Crippen molar-refractivity contribution in [2.75, 3.05) is 42.8 Å². The molecule has 1 aliphatic rings. The van der Waals surface area contributed by atoms with Gasteiger partial charge in [0.05, 0.1) is 31.1 Å². The van der Waals surface area contributed by atoms with E-state index in [1.54, 1.807) is 19.2 Å². The molecule has 2 atom stereocenters. The molecule has 0 aliphatic carbocycles. The van der Waals surface area contributed by atoms with Gasteiger partial charge in [0.2, 0.25) is 5.95 Å². The Morgan fingerprint density at radius 1 is 1.41 bits per heavy atom. The van der Waals surface area contributed by atoms with Gasteiger partial charge in [0.25, 0.3) is 0 Å². The molecule has 1 aromatic carbocycles. The number of ether oxygens (including phenoxy) is 1. The van der Waals surface area contributed by atoms with E-state index < -0.39 is 0 Å². The van der Waals surface area contributed by atoms with Crippen LogP contribution >= 0.6 is 0 Å². The minimum Gasteiger partial charge on any atom is -0.398 e. The Hall–Kier alpha value is -2.91. The van der Waals surface area contributed by atoms with Crippen LogP contribution in [0.2, 0.25) is 0 Å². The van der Waals surface area contributed by atoms with Crippen LogP contribution < -0.4 is 21.7 Å². The van der Waals surface area contributed by atoms with Gasteiger partial charge in [0.1, 0.15) is 11.7 Å². The number of amidine groups is 1. The van der Waals surface area contributed by atoms with Gasteiger partial charge in [-0.15, -0.1) is 0 Å². The number of nitrogens with two attached hydrogens (primary N) is 2. The number of aliphatic hydroxyl groups excluding tert-OH is 1. The summed E-state index contributed by atoms with van der Waals surface area (Å²) in [7, 11) is 1.76. The van der Waals surface area contributed by atoms with Crippen molar-refractivity contribution in [3.05, 3.63) is 29.8 Å². The molecule has 1 aromatic heterocycles. The second-order valence-corrected chi connectivity index (χ2v) is 6.54. The Balaban J connectivity index is 2.01. The first kappa shape index (κ1) is 18.9. The van der Waals surface area contributed by atoms with E-state index in [9.17, 15) is 5.11 Å². The van der Waals surface area contributed by atoms with Crippen LogP contribution in [0.1, 0.15) is 12.5 Å². The van der Waals surface area contributed by atoms with Crippen molar-refractivity contribution in [2.24, 2.45) is 5.73 Å². The summed E-state index contributed by atoms with van der Waals surface area (Å²) in [6, 6.07) is 7.30. The van der Waals surface area contributed by atoms with Gasteiger partial charge in [0.15, 0.2) is 0 Å². The Kier molecular flexibility index (Phi) is 5.43. The fourth-order valence-corrected chi connectivity index (χ4v) is 3.06. The van der Waals surface area contributed by atoms with Crippen molar-refractivity contribution in [3.63, 3.8) is 0 Å². The van der Waals surface area contributed by atoms with Crippen molar-refractivity contribution in [2.45, 2.75) is 19.1 Å². The summed E-state index contributed by atoms with van der Waals surface area (Å²) in [5, 5.41) is 20.0. The first-order valence-electron chi connectivity index (χ1n) is 8.73. The normalized spacial score (nSPS) is 19.7. The van der Waals surface area contributed by atoms with Crippen LogP contribution in [0.4, 0.5) is 17.5 Å². The molecule has 0 amide bonds. The third-order valence-corrected chi connectivity index (χ3v) is 4.58. The third kappa shape index (κ3) is 3.93. The monoisotopic (exact) mass is 371 g/mol. The van der Waals surface area contributed by atoms with E-state index in [-0.39, 0.29) is 24.6 Å². The molecule has 2 aromatic rings. The topological polar surface area (TPSA) is 146 Å². The predicted octanol–water partition coefficient (Wildman–Crippen LogP) is 0.638. The van der Waals surface area contributed by atoms with E-state index in [1.807, 2.05) is 19.1 Å². The lowest BCUT2D eigenvalue weighted by Crippen LogP contribution is -2.50. The first-order chi connectivity index (χ1) is 12.9. The molecule has 0 radical (unpaired) electrons. The van der Waals surface area contributed by atoms with Crippen molar-refractivity contribution >= 4 is 23.3 Å². The zero-order valence-corrected chi connectivity index (χ0v) is 15.4. The van der Waals surface area contributed by atoms with Gasteiger partial charge >= 0.3 is 0 Å². The average Bonchev–Trinajstić information content (AvgIpc) is 2.67. The van der Waals surface area contributed by atoms with Crippen LogP contribution in [0.3, 0.4) is 0 Å². The number of nitrogens with zero attached hydrogens (tertiary/aromatic N) is 3. The zero-order chi connectivity index (χ0) is 19.6. The molecular weight excluding hydrogens is 346 g/mol. The highest BCUT2D eigenvalue weighted by molar-refractivity contribution is 6.00. The van der Waals surface area contributed by atoms with E-state index in [1.165, 1.54) is 0 Å². The number of nitrogen functional groups attached to an aromatic ring is 2. The summed E-state index contributed by atoms with van der Waals surface area (Å²) in [6.07, 6.45) is -0.247. The number of hydrogen-bond donors (Lipinski definition) is 5. The number of nitrogens with one attached hydrogen (secondary N) is 2. The van der Waals surface area contributed by atoms with Crippen molar-refractivity contribution < 1.29 is 9.84 Å². The van der Waals surface area contributed by atoms with Gasteiger partial charge in [-0.05, 0) is 19.1 Å². The molecule has 0 bridgehead atoms. The molecule has 7 N–H and O–H groups in total. The number of morpholine rings is 1. The minimum atomic E-state index is -0.247. The second-order valence-electron chi connectivity index (χ2n) is 6.54. The average molecular weight is 371 g/mol. The van der Waals surface area contributed by atoms with E-state index in [2.05, 4.69) is 20.2 Å². The SMILES string of the molecule is CNc1nc(-c2ccc(C(=N)N)c(N)c2)cc(N2CC(CO)OCC2C)n1. The molecular formula is C18H25N7O2. The lowest BCUT2D eigenvalue weighted by molar-refractivity contribution is -0.0105. The number of aromatic nitrogens is 2. The molecule has 9 heteroatoms. The second kappa shape index (κ2) is 7.77. The summed E-state index contributed by atoms with van der Waals surface area (Å²) in [4.78, 5) is 11.2. The molecule has 1 fully saturated rings. The summed E-state index contributed by atoms with van der Waals surface area (Å²) < 4.78 is 5.61. The highest BCUT2D eigenvalue weighted by Gasteiger charge is 2.27. The number of benzene rings is 1. The minimum absolute atomic E-state index is 0.0386. The van der Waals surface area contributed by atoms with Gasteiger partial charge < -0.3 is 31.5 Å². The van der Waals surface area contributed by atoms with Crippen LogP contribution in [0.15, 0.2) is 24.3 Å². The fraction of sp³-hybridized carbons (Fsp3) is 0.389. The first-order valence-corrected chi connectivity index (χ1v) is 8.73. The molecule has 1 saturated heterocycles. The highest BCUT2D eigenvalue weighted by Crippen LogP contribution is 2.28. The molecule has 3 rings (SSSR count). The quantitative estimate of drug-likeness (QED) is 0.292. The molecule has 2 unspecified atom stereocenters. The molecule has 27 heavy (non-hydrogen) atoms. The number of hydrogen-bond acceptors (Lipinski definition) is 8. The van der Waals surface area contributed by atoms with E-state index in [4.69, 9.17) is 21.6 Å².